The van der Waals surface area contributed by atoms with Crippen LogP contribution in [-0.2, 0) is 0 Å². The third-order valence-corrected chi connectivity index (χ3v) is 1.13. The van der Waals surface area contributed by atoms with Gasteiger partial charge in [-0.15, -0.1) is 0 Å². The predicted molar refractivity (Wildman–Crippen MR) is 39.6 cm³/mol. The van der Waals surface area contributed by atoms with E-state index in [2.05, 4.69) is 4.98 Å². The minimum atomic E-state index is 0.322. The molecule has 1 aromatic heterocycles. The van der Waals surface area contributed by atoms with Crippen LogP contribution in [0.2, 0.25) is 0 Å². The molecule has 4 N–H and O–H groups in total. The van der Waals surface area contributed by atoms with Gasteiger partial charge in [-0.1, -0.05) is 0 Å². The van der Waals surface area contributed by atoms with Gasteiger partial charge >= 0.3 is 0 Å². The van der Waals surface area contributed by atoms with Crippen molar-refractivity contribution in [2.24, 2.45) is 0 Å². The Morgan fingerprint density at radius 2 is 2.10 bits per heavy atom. The van der Waals surface area contributed by atoms with Crippen molar-refractivity contribution in [2.45, 2.75) is 0 Å². The maximum Gasteiger partial charge on any atom is 0.168 e. The summed E-state index contributed by atoms with van der Waals surface area (Å²) in [5.74, 6) is 1.27. The summed E-state index contributed by atoms with van der Waals surface area (Å²) in [6, 6.07) is 3.31. The third kappa shape index (κ3) is 1.10. The van der Waals surface area contributed by atoms with E-state index >= 15 is 0 Å². The zero-order chi connectivity index (χ0) is 7.56. The van der Waals surface area contributed by atoms with E-state index < -0.39 is 0 Å². The molecule has 1 heterocycles. The number of ether oxygens (including phenoxy) is 1. The van der Waals surface area contributed by atoms with E-state index in [1.165, 1.54) is 7.11 Å². The number of methoxy groups -OCH3 is 1. The second kappa shape index (κ2) is 2.43. The van der Waals surface area contributed by atoms with Crippen LogP contribution in [0.3, 0.4) is 0 Å². The highest BCUT2D eigenvalue weighted by atomic mass is 16.5. The Labute approximate surface area is 58.8 Å². The van der Waals surface area contributed by atoms with Gasteiger partial charge in [0, 0.05) is 0 Å². The summed E-state index contributed by atoms with van der Waals surface area (Å²) in [6.45, 7) is 0. The number of nitrogens with zero attached hydrogens (tertiary/aromatic N) is 1. The van der Waals surface area contributed by atoms with Gasteiger partial charge < -0.3 is 16.2 Å². The number of aromatic nitrogens is 1. The molecule has 0 aliphatic heterocycles. The zero-order valence-corrected chi connectivity index (χ0v) is 5.66. The molecule has 0 aliphatic carbocycles. The maximum atomic E-state index is 5.42. The van der Waals surface area contributed by atoms with Crippen molar-refractivity contribution in [2.75, 3.05) is 18.6 Å². The van der Waals surface area contributed by atoms with Crippen molar-refractivity contribution in [3.05, 3.63) is 12.1 Å². The highest BCUT2D eigenvalue weighted by Crippen LogP contribution is 2.18. The van der Waals surface area contributed by atoms with Gasteiger partial charge in [-0.25, -0.2) is 4.98 Å². The predicted octanol–water partition coefficient (Wildman–Crippen LogP) is 0.255. The van der Waals surface area contributed by atoms with Crippen LogP contribution in [-0.4, -0.2) is 12.1 Å². The summed E-state index contributed by atoms with van der Waals surface area (Å²) in [6.07, 6.45) is 0. The Kier molecular flexibility index (Phi) is 1.62. The average Bonchev–Trinajstić information content (AvgIpc) is 1.88. The van der Waals surface area contributed by atoms with Crippen molar-refractivity contribution in [1.29, 1.82) is 0 Å². The lowest BCUT2D eigenvalue weighted by molar-refractivity contribution is 0.415. The number of pyridine rings is 1. The highest BCUT2D eigenvalue weighted by Gasteiger charge is 1.97. The summed E-state index contributed by atoms with van der Waals surface area (Å²) < 4.78 is 4.86. The van der Waals surface area contributed by atoms with Gasteiger partial charge in [0.15, 0.2) is 11.6 Å². The Morgan fingerprint density at radius 1 is 1.40 bits per heavy atom. The van der Waals surface area contributed by atoms with Crippen molar-refractivity contribution in [3.63, 3.8) is 0 Å². The van der Waals surface area contributed by atoms with Crippen molar-refractivity contribution in [1.82, 2.24) is 4.98 Å². The number of rotatable bonds is 1. The van der Waals surface area contributed by atoms with E-state index in [0.717, 1.165) is 0 Å². The molecule has 0 unspecified atom stereocenters. The van der Waals surface area contributed by atoms with Gasteiger partial charge in [-0.2, -0.15) is 0 Å². The summed E-state index contributed by atoms with van der Waals surface area (Å²) in [5.41, 5.74) is 10.8. The second-order valence-electron chi connectivity index (χ2n) is 1.82. The molecular weight excluding hydrogens is 130 g/mol. The average molecular weight is 139 g/mol. The van der Waals surface area contributed by atoms with Gasteiger partial charge in [-0.3, -0.25) is 0 Å². The molecule has 0 atom stereocenters. The maximum absolute atomic E-state index is 5.42. The van der Waals surface area contributed by atoms with Gasteiger partial charge in [0.2, 0.25) is 0 Å². The minimum Gasteiger partial charge on any atom is -0.493 e. The normalized spacial score (nSPS) is 9.30. The van der Waals surface area contributed by atoms with Crippen molar-refractivity contribution in [3.8, 4) is 5.75 Å². The first-order valence-corrected chi connectivity index (χ1v) is 2.80. The van der Waals surface area contributed by atoms with E-state index in [1.807, 2.05) is 0 Å². The molecule has 54 valence electrons. The Hall–Kier alpha value is -1.45. The first-order chi connectivity index (χ1) is 4.74. The van der Waals surface area contributed by atoms with Crippen LogP contribution in [0.25, 0.3) is 0 Å². The zero-order valence-electron chi connectivity index (χ0n) is 5.66. The van der Waals surface area contributed by atoms with E-state index in [-0.39, 0.29) is 0 Å². The molecule has 0 amide bonds. The molecule has 0 aromatic carbocycles. The fourth-order valence-electron chi connectivity index (χ4n) is 0.651. The smallest absolute Gasteiger partial charge is 0.168 e. The standard InChI is InChI=1S/C6H9N3O/c1-10-4-2-3-5(7)9-6(4)8/h2-3H,1H3,(H4,7,8,9). The van der Waals surface area contributed by atoms with Gasteiger partial charge in [0.05, 0.1) is 7.11 Å². The number of nitrogens with two attached hydrogens (primary N) is 2. The number of hydrogen-bond donors (Lipinski definition) is 2. The van der Waals surface area contributed by atoms with Crippen LogP contribution >= 0.6 is 0 Å². The van der Waals surface area contributed by atoms with Gasteiger partial charge in [0.1, 0.15) is 5.82 Å². The SMILES string of the molecule is COc1ccc(N)nc1N. The van der Waals surface area contributed by atoms with E-state index in [9.17, 15) is 0 Å². The molecular formula is C6H9N3O. The molecule has 4 heteroatoms. The lowest BCUT2D eigenvalue weighted by atomic mass is 10.4. The van der Waals surface area contributed by atoms with E-state index in [4.69, 9.17) is 16.2 Å². The van der Waals surface area contributed by atoms with E-state index in [0.29, 0.717) is 17.4 Å². The molecule has 0 saturated carbocycles. The summed E-state index contributed by atoms with van der Waals surface area (Å²) in [4.78, 5) is 3.77. The molecule has 0 radical (unpaired) electrons. The molecule has 0 aliphatic rings. The molecule has 0 saturated heterocycles. The second-order valence-corrected chi connectivity index (χ2v) is 1.82. The van der Waals surface area contributed by atoms with Gasteiger partial charge in [0.25, 0.3) is 0 Å². The van der Waals surface area contributed by atoms with Crippen molar-refractivity contribution >= 4 is 11.6 Å². The van der Waals surface area contributed by atoms with Crippen LogP contribution in [0.1, 0.15) is 0 Å². The molecule has 0 spiro atoms. The molecule has 1 aromatic rings. The fraction of sp³-hybridized carbons (Fsp3) is 0.167. The minimum absolute atomic E-state index is 0.322. The fourth-order valence-corrected chi connectivity index (χ4v) is 0.651. The molecule has 0 fully saturated rings. The lowest BCUT2D eigenvalue weighted by Crippen LogP contribution is -1.98. The van der Waals surface area contributed by atoms with Crippen LogP contribution in [0, 0.1) is 0 Å². The topological polar surface area (TPSA) is 74.2 Å². The Balaban J connectivity index is 3.07. The Morgan fingerprint density at radius 3 is 2.60 bits per heavy atom. The highest BCUT2D eigenvalue weighted by molar-refractivity contribution is 5.50. The van der Waals surface area contributed by atoms with Crippen LogP contribution in [0.5, 0.6) is 5.75 Å². The van der Waals surface area contributed by atoms with E-state index in [1.54, 1.807) is 12.1 Å². The van der Waals surface area contributed by atoms with Crippen molar-refractivity contribution < 1.29 is 4.74 Å². The van der Waals surface area contributed by atoms with Crippen LogP contribution in [0.4, 0.5) is 11.6 Å². The summed E-state index contributed by atoms with van der Waals surface area (Å²) >= 11 is 0. The number of anilines is 2. The summed E-state index contributed by atoms with van der Waals surface area (Å²) in [5, 5.41) is 0. The van der Waals surface area contributed by atoms with Crippen LogP contribution < -0.4 is 16.2 Å². The monoisotopic (exact) mass is 139 g/mol. The molecule has 0 bridgehead atoms. The lowest BCUT2D eigenvalue weighted by Gasteiger charge is -2.01. The molecule has 1 rings (SSSR count). The molecule has 4 nitrogen and oxygen atoms in total. The number of nitrogen functional groups attached to an aromatic ring is 2. The largest absolute Gasteiger partial charge is 0.493 e. The third-order valence-electron chi connectivity index (χ3n) is 1.13. The summed E-state index contributed by atoms with van der Waals surface area (Å²) in [7, 11) is 1.53. The number of hydrogen-bond acceptors (Lipinski definition) is 4. The quantitative estimate of drug-likeness (QED) is 0.585. The first-order valence-electron chi connectivity index (χ1n) is 2.80. The van der Waals surface area contributed by atoms with Gasteiger partial charge in [-0.05, 0) is 12.1 Å². The van der Waals surface area contributed by atoms with Crippen LogP contribution in [0.15, 0.2) is 12.1 Å². The Bertz CT molecular complexity index is 236. The first kappa shape index (κ1) is 6.67. The molecule has 10 heavy (non-hydrogen) atoms.